The van der Waals surface area contributed by atoms with Gasteiger partial charge in [0.25, 0.3) is 5.91 Å². The molecule has 3 rings (SSSR count). The quantitative estimate of drug-likeness (QED) is 0.851. The topological polar surface area (TPSA) is 88.3 Å². The Morgan fingerprint density at radius 1 is 1.39 bits per heavy atom. The summed E-state index contributed by atoms with van der Waals surface area (Å²) in [6.45, 7) is 1.78. The van der Waals surface area contributed by atoms with Gasteiger partial charge in [0.05, 0.1) is 18.7 Å². The van der Waals surface area contributed by atoms with Crippen LogP contribution in [0.15, 0.2) is 22.7 Å². The molecule has 9 heteroatoms. The predicted molar refractivity (Wildman–Crippen MR) is 80.2 cm³/mol. The van der Waals surface area contributed by atoms with Gasteiger partial charge in [0, 0.05) is 4.47 Å². The number of halogens is 2. The Bertz CT molecular complexity index is 807. The van der Waals surface area contributed by atoms with Crippen molar-refractivity contribution in [2.24, 2.45) is 0 Å². The molecule has 1 aromatic heterocycles. The molecule has 2 aromatic rings. The molecule has 1 amide bonds. The monoisotopic (exact) mass is 382 g/mol. The number of aliphatic carboxylic acids is 1. The van der Waals surface area contributed by atoms with Crippen LogP contribution in [0.25, 0.3) is 0 Å². The zero-order valence-electron chi connectivity index (χ0n) is 12.0. The van der Waals surface area contributed by atoms with Gasteiger partial charge < -0.3 is 14.6 Å². The Labute approximate surface area is 138 Å². The number of carbonyl (C=O) groups excluding carboxylic acids is 1. The minimum Gasteiger partial charge on any atom is -0.480 e. The number of hydrogen-bond donors (Lipinski definition) is 1. The minimum atomic E-state index is -1.13. The lowest BCUT2D eigenvalue weighted by atomic mass is 10.1. The van der Waals surface area contributed by atoms with Gasteiger partial charge in [-0.3, -0.25) is 4.79 Å². The summed E-state index contributed by atoms with van der Waals surface area (Å²) in [6.07, 6.45) is 0. The molecule has 7 nitrogen and oxygen atoms in total. The minimum absolute atomic E-state index is 0.000403. The van der Waals surface area contributed by atoms with Crippen molar-refractivity contribution in [3.63, 3.8) is 0 Å². The lowest BCUT2D eigenvalue weighted by molar-refractivity contribution is -0.143. The maximum absolute atomic E-state index is 13.4. The number of fused-ring (bicyclic) bond motifs is 1. The van der Waals surface area contributed by atoms with Gasteiger partial charge in [-0.15, -0.1) is 10.2 Å². The number of amides is 1. The summed E-state index contributed by atoms with van der Waals surface area (Å²) < 4.78 is 15.5. The van der Waals surface area contributed by atoms with Crippen LogP contribution in [0.5, 0.6) is 0 Å². The number of nitrogens with zero attached hydrogens (tertiary/aromatic N) is 4. The third kappa shape index (κ3) is 2.72. The highest BCUT2D eigenvalue weighted by Crippen LogP contribution is 2.25. The summed E-state index contributed by atoms with van der Waals surface area (Å²) in [5, 5.41) is 17.3. The number of benzene rings is 1. The average molecular weight is 383 g/mol. The molecule has 0 saturated heterocycles. The summed E-state index contributed by atoms with van der Waals surface area (Å²) in [5.41, 5.74) is 0.0703. The van der Waals surface area contributed by atoms with Crippen molar-refractivity contribution in [2.45, 2.75) is 26.1 Å². The van der Waals surface area contributed by atoms with E-state index in [-0.39, 0.29) is 18.7 Å². The normalized spacial score (nSPS) is 17.0. The second kappa shape index (κ2) is 5.73. The van der Waals surface area contributed by atoms with E-state index >= 15 is 0 Å². The van der Waals surface area contributed by atoms with Crippen molar-refractivity contribution < 1.29 is 19.1 Å². The highest BCUT2D eigenvalue weighted by molar-refractivity contribution is 9.10. The largest absolute Gasteiger partial charge is 0.480 e. The fraction of sp³-hybridized carbons (Fsp3) is 0.286. The van der Waals surface area contributed by atoms with Crippen molar-refractivity contribution in [3.8, 4) is 0 Å². The summed E-state index contributed by atoms with van der Waals surface area (Å²) in [6, 6.07) is 2.64. The Morgan fingerprint density at radius 3 is 2.83 bits per heavy atom. The number of carboxylic acid groups (broad SMARTS) is 1. The Kier molecular flexibility index (Phi) is 3.88. The highest BCUT2D eigenvalue weighted by Gasteiger charge is 2.37. The van der Waals surface area contributed by atoms with Crippen LogP contribution in [-0.4, -0.2) is 42.7 Å². The molecule has 1 atom stereocenters. The molecule has 0 saturated carbocycles. The van der Waals surface area contributed by atoms with Crippen LogP contribution in [0.3, 0.4) is 0 Å². The van der Waals surface area contributed by atoms with E-state index in [1.807, 2.05) is 0 Å². The summed E-state index contributed by atoms with van der Waals surface area (Å²) in [4.78, 5) is 25.4. The van der Waals surface area contributed by atoms with Gasteiger partial charge in [0.1, 0.15) is 17.7 Å². The highest BCUT2D eigenvalue weighted by atomic mass is 79.9. The Balaban J connectivity index is 2.01. The number of carboxylic acids is 1. The van der Waals surface area contributed by atoms with Gasteiger partial charge in [0.15, 0.2) is 5.82 Å². The lowest BCUT2D eigenvalue weighted by Gasteiger charge is -2.33. The van der Waals surface area contributed by atoms with E-state index in [4.69, 9.17) is 0 Å². The molecule has 1 aliphatic heterocycles. The fourth-order valence-electron chi connectivity index (χ4n) is 2.55. The first-order chi connectivity index (χ1) is 10.9. The maximum Gasteiger partial charge on any atom is 0.328 e. The summed E-state index contributed by atoms with van der Waals surface area (Å²) in [5.74, 6) is -1.19. The van der Waals surface area contributed by atoms with E-state index in [9.17, 15) is 19.1 Å². The van der Waals surface area contributed by atoms with E-state index in [1.54, 1.807) is 11.5 Å². The van der Waals surface area contributed by atoms with Crippen molar-refractivity contribution in [1.29, 1.82) is 0 Å². The van der Waals surface area contributed by atoms with E-state index in [1.165, 1.54) is 17.0 Å². The number of carbonyl (C=O) groups is 2. The van der Waals surface area contributed by atoms with Crippen LogP contribution in [0, 0.1) is 12.7 Å². The molecule has 0 aliphatic carbocycles. The number of rotatable bonds is 2. The fourth-order valence-corrected chi connectivity index (χ4v) is 2.97. The van der Waals surface area contributed by atoms with Gasteiger partial charge >= 0.3 is 5.97 Å². The zero-order chi connectivity index (χ0) is 16.7. The Hall–Kier alpha value is -2.29. The van der Waals surface area contributed by atoms with Gasteiger partial charge in [-0.1, -0.05) is 0 Å². The van der Waals surface area contributed by atoms with Crippen molar-refractivity contribution >= 4 is 27.8 Å². The molecule has 0 spiro atoms. The lowest BCUT2D eigenvalue weighted by Crippen LogP contribution is -2.50. The summed E-state index contributed by atoms with van der Waals surface area (Å²) >= 11 is 3.20. The van der Waals surface area contributed by atoms with Crippen LogP contribution in [0.1, 0.15) is 22.0 Å². The van der Waals surface area contributed by atoms with Crippen LogP contribution in [0.4, 0.5) is 4.39 Å². The molecule has 0 radical (unpaired) electrons. The first-order valence-electron chi connectivity index (χ1n) is 6.76. The third-order valence-corrected chi connectivity index (χ3v) is 4.45. The molecule has 120 valence electrons. The van der Waals surface area contributed by atoms with E-state index in [0.29, 0.717) is 16.1 Å². The predicted octanol–water partition coefficient (Wildman–Crippen LogP) is 1.60. The summed E-state index contributed by atoms with van der Waals surface area (Å²) in [7, 11) is 0. The number of aromatic nitrogens is 3. The Morgan fingerprint density at radius 2 is 2.13 bits per heavy atom. The van der Waals surface area contributed by atoms with Crippen LogP contribution in [0.2, 0.25) is 0 Å². The molecule has 0 bridgehead atoms. The maximum atomic E-state index is 13.4. The first kappa shape index (κ1) is 15.6. The SMILES string of the molecule is Cc1nnc2n1CC(C(=O)O)N(C(=O)c1cc(F)ccc1Br)C2. The van der Waals surface area contributed by atoms with Crippen molar-refractivity contribution in [1.82, 2.24) is 19.7 Å². The molecule has 2 heterocycles. The number of hydrogen-bond acceptors (Lipinski definition) is 4. The van der Waals surface area contributed by atoms with Crippen LogP contribution in [-0.2, 0) is 17.9 Å². The van der Waals surface area contributed by atoms with Crippen molar-refractivity contribution in [3.05, 3.63) is 45.7 Å². The van der Waals surface area contributed by atoms with Crippen molar-refractivity contribution in [2.75, 3.05) is 0 Å². The first-order valence-corrected chi connectivity index (χ1v) is 7.55. The number of aryl methyl sites for hydroxylation is 1. The second-order valence-corrected chi connectivity index (χ2v) is 6.04. The smallest absolute Gasteiger partial charge is 0.328 e. The molecular weight excluding hydrogens is 371 g/mol. The third-order valence-electron chi connectivity index (χ3n) is 3.76. The second-order valence-electron chi connectivity index (χ2n) is 5.19. The van der Waals surface area contributed by atoms with Gasteiger partial charge in [-0.25, -0.2) is 9.18 Å². The molecule has 0 fully saturated rings. The standard InChI is InChI=1S/C14H12BrFN4O3/c1-7-17-18-12-6-20(11(14(22)23)5-19(7)12)13(21)9-4-8(16)2-3-10(9)15/h2-4,11H,5-6H2,1H3,(H,22,23). The van der Waals surface area contributed by atoms with Gasteiger partial charge in [-0.05, 0) is 41.1 Å². The van der Waals surface area contributed by atoms with Gasteiger partial charge in [-0.2, -0.15) is 0 Å². The molecule has 1 unspecified atom stereocenters. The van der Waals surface area contributed by atoms with Crippen LogP contribution >= 0.6 is 15.9 Å². The van der Waals surface area contributed by atoms with Gasteiger partial charge in [0.2, 0.25) is 0 Å². The van der Waals surface area contributed by atoms with E-state index < -0.39 is 23.7 Å². The van der Waals surface area contributed by atoms with E-state index in [0.717, 1.165) is 6.07 Å². The average Bonchev–Trinajstić information content (AvgIpc) is 2.88. The van der Waals surface area contributed by atoms with E-state index in [2.05, 4.69) is 26.1 Å². The molecular formula is C14H12BrFN4O3. The van der Waals surface area contributed by atoms with Crippen LogP contribution < -0.4 is 0 Å². The molecule has 1 aliphatic rings. The zero-order valence-corrected chi connectivity index (χ0v) is 13.6. The molecule has 1 aromatic carbocycles. The molecule has 1 N–H and O–H groups in total. The molecule has 23 heavy (non-hydrogen) atoms.